The zero-order chi connectivity index (χ0) is 19.2. The van der Waals surface area contributed by atoms with E-state index in [0.717, 1.165) is 0 Å². The maximum absolute atomic E-state index is 13.1. The minimum atomic E-state index is -0.348. The Morgan fingerprint density at radius 1 is 1.11 bits per heavy atom. The number of nitrogens with one attached hydrogen (secondary N) is 1. The zero-order valence-electron chi connectivity index (χ0n) is 14.9. The summed E-state index contributed by atoms with van der Waals surface area (Å²) in [6.45, 7) is 1.56. The van der Waals surface area contributed by atoms with E-state index in [0.29, 0.717) is 28.5 Å². The number of carbonyl (C=O) groups excluding carboxylic acids is 1. The number of hydrogen-bond donors (Lipinski definition) is 1. The zero-order valence-corrected chi connectivity index (χ0v) is 14.9. The summed E-state index contributed by atoms with van der Waals surface area (Å²) in [5.74, 6) is 0.532. The number of para-hydroxylation sites is 2. The number of nitrogens with zero attached hydrogens (tertiary/aromatic N) is 2. The number of benzene rings is 2. The summed E-state index contributed by atoms with van der Waals surface area (Å²) in [4.78, 5) is 20.8. The summed E-state index contributed by atoms with van der Waals surface area (Å²) in [5.41, 5.74) is 1.88. The Morgan fingerprint density at radius 2 is 1.85 bits per heavy atom. The molecule has 6 nitrogen and oxygen atoms in total. The third-order valence-electron chi connectivity index (χ3n) is 3.67. The molecule has 138 valence electrons. The van der Waals surface area contributed by atoms with E-state index in [9.17, 15) is 9.18 Å². The maximum atomic E-state index is 13.1. The molecule has 0 fully saturated rings. The molecule has 0 saturated carbocycles. The van der Waals surface area contributed by atoms with Gasteiger partial charge in [0.2, 0.25) is 5.88 Å². The molecule has 0 aliphatic heterocycles. The Balaban J connectivity index is 1.69. The largest absolute Gasteiger partial charge is 0.495 e. The number of methoxy groups -OCH3 is 1. The van der Waals surface area contributed by atoms with Crippen molar-refractivity contribution in [2.24, 2.45) is 0 Å². The van der Waals surface area contributed by atoms with Gasteiger partial charge in [-0.05, 0) is 43.3 Å². The van der Waals surface area contributed by atoms with Crippen molar-refractivity contribution < 1.29 is 18.7 Å². The number of hydrogen-bond acceptors (Lipinski definition) is 5. The van der Waals surface area contributed by atoms with Crippen LogP contribution in [0, 0.1) is 12.7 Å². The smallest absolute Gasteiger partial charge is 0.262 e. The first kappa shape index (κ1) is 18.3. The lowest BCUT2D eigenvalue weighted by atomic mass is 10.2. The second-order valence-electron chi connectivity index (χ2n) is 5.72. The van der Waals surface area contributed by atoms with Crippen LogP contribution >= 0.6 is 0 Å². The standard InChI is InChI=1S/C20H18FN3O3/c1-13-11-19(24-20(22-13)14-7-9-15(21)10-8-14)27-12-18(25)23-16-5-3-4-6-17(16)26-2/h3-11H,12H2,1-2H3,(H,23,25). The second kappa shape index (κ2) is 8.27. The average Bonchev–Trinajstić information content (AvgIpc) is 2.67. The number of halogens is 1. The highest BCUT2D eigenvalue weighted by atomic mass is 19.1. The summed E-state index contributed by atoms with van der Waals surface area (Å²) in [5, 5.41) is 2.72. The lowest BCUT2D eigenvalue weighted by Crippen LogP contribution is -2.21. The lowest BCUT2D eigenvalue weighted by molar-refractivity contribution is -0.118. The van der Waals surface area contributed by atoms with Gasteiger partial charge in [0.25, 0.3) is 5.91 Å². The Bertz CT molecular complexity index is 945. The van der Waals surface area contributed by atoms with Gasteiger partial charge in [-0.2, -0.15) is 4.98 Å². The van der Waals surface area contributed by atoms with Gasteiger partial charge in [0, 0.05) is 17.3 Å². The molecular formula is C20H18FN3O3. The number of ether oxygens (including phenoxy) is 2. The van der Waals surface area contributed by atoms with Crippen LogP contribution in [0.1, 0.15) is 5.69 Å². The molecule has 0 unspecified atom stereocenters. The molecule has 0 spiro atoms. The van der Waals surface area contributed by atoms with Crippen molar-refractivity contribution in [1.82, 2.24) is 9.97 Å². The van der Waals surface area contributed by atoms with Crippen molar-refractivity contribution in [3.63, 3.8) is 0 Å². The van der Waals surface area contributed by atoms with Gasteiger partial charge < -0.3 is 14.8 Å². The van der Waals surface area contributed by atoms with Crippen molar-refractivity contribution in [2.45, 2.75) is 6.92 Å². The molecule has 1 heterocycles. The number of carbonyl (C=O) groups is 1. The summed E-state index contributed by atoms with van der Waals surface area (Å²) in [7, 11) is 1.53. The molecule has 1 N–H and O–H groups in total. The molecule has 0 saturated heterocycles. The molecule has 3 aromatic rings. The van der Waals surface area contributed by atoms with E-state index >= 15 is 0 Å². The molecule has 0 aliphatic rings. The van der Waals surface area contributed by atoms with Gasteiger partial charge in [0.15, 0.2) is 12.4 Å². The minimum Gasteiger partial charge on any atom is -0.495 e. The van der Waals surface area contributed by atoms with Crippen molar-refractivity contribution in [3.05, 3.63) is 66.1 Å². The Kier molecular flexibility index (Phi) is 5.61. The van der Waals surface area contributed by atoms with Crippen LogP contribution in [0.15, 0.2) is 54.6 Å². The van der Waals surface area contributed by atoms with Crippen LogP contribution in [-0.2, 0) is 4.79 Å². The van der Waals surface area contributed by atoms with Crippen LogP contribution in [0.3, 0.4) is 0 Å². The number of anilines is 1. The van der Waals surface area contributed by atoms with Gasteiger partial charge >= 0.3 is 0 Å². The first-order chi connectivity index (χ1) is 13.0. The normalized spacial score (nSPS) is 10.3. The maximum Gasteiger partial charge on any atom is 0.262 e. The van der Waals surface area contributed by atoms with Gasteiger partial charge in [-0.1, -0.05) is 12.1 Å². The van der Waals surface area contributed by atoms with Gasteiger partial charge in [-0.25, -0.2) is 9.37 Å². The molecule has 1 amide bonds. The molecule has 1 aromatic heterocycles. The van der Waals surface area contributed by atoms with Crippen LogP contribution in [-0.4, -0.2) is 29.6 Å². The van der Waals surface area contributed by atoms with E-state index in [1.54, 1.807) is 43.3 Å². The van der Waals surface area contributed by atoms with E-state index in [1.807, 2.05) is 6.07 Å². The summed E-state index contributed by atoms with van der Waals surface area (Å²) >= 11 is 0. The predicted molar refractivity (Wildman–Crippen MR) is 99.3 cm³/mol. The number of aryl methyl sites for hydroxylation is 1. The number of rotatable bonds is 6. The Labute approximate surface area is 156 Å². The fraction of sp³-hybridized carbons (Fsp3) is 0.150. The third-order valence-corrected chi connectivity index (χ3v) is 3.67. The van der Waals surface area contributed by atoms with Gasteiger partial charge in [0.05, 0.1) is 12.8 Å². The van der Waals surface area contributed by atoms with Gasteiger partial charge in [-0.15, -0.1) is 0 Å². The highest BCUT2D eigenvalue weighted by Gasteiger charge is 2.10. The van der Waals surface area contributed by atoms with E-state index in [2.05, 4.69) is 15.3 Å². The highest BCUT2D eigenvalue weighted by Crippen LogP contribution is 2.23. The van der Waals surface area contributed by atoms with E-state index in [4.69, 9.17) is 9.47 Å². The molecule has 3 rings (SSSR count). The first-order valence-electron chi connectivity index (χ1n) is 8.22. The molecule has 0 aliphatic carbocycles. The number of amides is 1. The van der Waals surface area contributed by atoms with E-state index < -0.39 is 0 Å². The van der Waals surface area contributed by atoms with Crippen LogP contribution < -0.4 is 14.8 Å². The Morgan fingerprint density at radius 3 is 2.59 bits per heavy atom. The molecule has 27 heavy (non-hydrogen) atoms. The third kappa shape index (κ3) is 4.78. The van der Waals surface area contributed by atoms with E-state index in [1.165, 1.54) is 19.2 Å². The molecule has 2 aromatic carbocycles. The molecule has 0 atom stereocenters. The monoisotopic (exact) mass is 367 g/mol. The van der Waals surface area contributed by atoms with Crippen LogP contribution in [0.5, 0.6) is 11.6 Å². The lowest BCUT2D eigenvalue weighted by Gasteiger charge is -2.11. The molecule has 0 bridgehead atoms. The summed E-state index contributed by atoms with van der Waals surface area (Å²) < 4.78 is 23.8. The summed E-state index contributed by atoms with van der Waals surface area (Å²) in [6.07, 6.45) is 0. The fourth-order valence-corrected chi connectivity index (χ4v) is 2.42. The number of aromatic nitrogens is 2. The predicted octanol–water partition coefficient (Wildman–Crippen LogP) is 3.62. The van der Waals surface area contributed by atoms with Gasteiger partial charge in [-0.3, -0.25) is 4.79 Å². The van der Waals surface area contributed by atoms with Gasteiger partial charge in [0.1, 0.15) is 11.6 Å². The second-order valence-corrected chi connectivity index (χ2v) is 5.72. The highest BCUT2D eigenvalue weighted by molar-refractivity contribution is 5.93. The van der Waals surface area contributed by atoms with Crippen molar-refractivity contribution in [2.75, 3.05) is 19.0 Å². The van der Waals surface area contributed by atoms with Crippen LogP contribution in [0.25, 0.3) is 11.4 Å². The van der Waals surface area contributed by atoms with Crippen LogP contribution in [0.2, 0.25) is 0 Å². The summed E-state index contributed by atoms with van der Waals surface area (Å²) in [6, 6.07) is 14.6. The first-order valence-corrected chi connectivity index (χ1v) is 8.22. The topological polar surface area (TPSA) is 73.3 Å². The van der Waals surface area contributed by atoms with Crippen molar-refractivity contribution >= 4 is 11.6 Å². The SMILES string of the molecule is COc1ccccc1NC(=O)COc1cc(C)nc(-c2ccc(F)cc2)n1. The fourth-order valence-electron chi connectivity index (χ4n) is 2.42. The van der Waals surface area contributed by atoms with Crippen molar-refractivity contribution in [3.8, 4) is 23.0 Å². The Hall–Kier alpha value is -3.48. The van der Waals surface area contributed by atoms with Crippen LogP contribution in [0.4, 0.5) is 10.1 Å². The average molecular weight is 367 g/mol. The minimum absolute atomic E-state index is 0.225. The molecule has 0 radical (unpaired) electrons. The quantitative estimate of drug-likeness (QED) is 0.720. The molecule has 7 heteroatoms. The molecular weight excluding hydrogens is 349 g/mol. The van der Waals surface area contributed by atoms with Crippen molar-refractivity contribution in [1.29, 1.82) is 0 Å². The van der Waals surface area contributed by atoms with E-state index in [-0.39, 0.29) is 24.2 Å².